The summed E-state index contributed by atoms with van der Waals surface area (Å²) in [4.78, 5) is 46.8. The first-order valence-electron chi connectivity index (χ1n) is 9.84. The van der Waals surface area contributed by atoms with E-state index < -0.39 is 36.7 Å². The zero-order chi connectivity index (χ0) is 21.5. The van der Waals surface area contributed by atoms with E-state index >= 15 is 0 Å². The summed E-state index contributed by atoms with van der Waals surface area (Å²) in [6.45, 7) is 0.757. The van der Waals surface area contributed by atoms with E-state index in [0.29, 0.717) is 11.3 Å². The maximum Gasteiger partial charge on any atom is 0.344 e. The molecule has 0 spiro atoms. The third-order valence-corrected chi connectivity index (χ3v) is 4.84. The fourth-order valence-electron chi connectivity index (χ4n) is 3.36. The molecule has 1 aromatic heterocycles. The van der Waals surface area contributed by atoms with Crippen LogP contribution < -0.4 is 21.0 Å². The SMILES string of the molecule is Cc1cc(=O)oc2cc(OCC(=O)OCC(=O)NC(=O)NC3CCCCC3)ccc12. The molecule has 1 fully saturated rings. The van der Waals surface area contributed by atoms with Crippen molar-refractivity contribution < 1.29 is 28.3 Å². The molecule has 3 amide bonds. The lowest BCUT2D eigenvalue weighted by molar-refractivity contribution is -0.150. The molecule has 1 heterocycles. The number of rotatable bonds is 6. The predicted octanol–water partition coefficient (Wildman–Crippen LogP) is 2.18. The number of carbonyl (C=O) groups is 3. The van der Waals surface area contributed by atoms with Gasteiger partial charge < -0.3 is 19.2 Å². The Labute approximate surface area is 172 Å². The van der Waals surface area contributed by atoms with Crippen LogP contribution >= 0.6 is 0 Å². The van der Waals surface area contributed by atoms with E-state index in [0.717, 1.165) is 43.1 Å². The van der Waals surface area contributed by atoms with Crippen molar-refractivity contribution in [1.82, 2.24) is 10.6 Å². The molecule has 1 aliphatic carbocycles. The Morgan fingerprint density at radius 3 is 2.63 bits per heavy atom. The van der Waals surface area contributed by atoms with E-state index in [2.05, 4.69) is 10.6 Å². The smallest absolute Gasteiger partial charge is 0.344 e. The van der Waals surface area contributed by atoms with Crippen LogP contribution in [0.3, 0.4) is 0 Å². The Hall–Kier alpha value is -3.36. The number of esters is 1. The van der Waals surface area contributed by atoms with Crippen LogP contribution in [0, 0.1) is 6.92 Å². The third-order valence-electron chi connectivity index (χ3n) is 4.84. The highest BCUT2D eigenvalue weighted by atomic mass is 16.6. The number of hydrogen-bond acceptors (Lipinski definition) is 7. The molecule has 3 rings (SSSR count). The van der Waals surface area contributed by atoms with Gasteiger partial charge in [0.1, 0.15) is 11.3 Å². The van der Waals surface area contributed by atoms with E-state index in [4.69, 9.17) is 13.9 Å². The molecular weight excluding hydrogens is 392 g/mol. The molecule has 1 saturated carbocycles. The molecule has 0 aliphatic heterocycles. The average Bonchev–Trinajstić information content (AvgIpc) is 2.71. The summed E-state index contributed by atoms with van der Waals surface area (Å²) < 4.78 is 15.3. The molecule has 0 saturated heterocycles. The minimum Gasteiger partial charge on any atom is -0.482 e. The second-order valence-electron chi connectivity index (χ2n) is 7.21. The van der Waals surface area contributed by atoms with Gasteiger partial charge in [-0.05, 0) is 37.5 Å². The van der Waals surface area contributed by atoms with Crippen molar-refractivity contribution in [3.05, 3.63) is 40.2 Å². The zero-order valence-electron chi connectivity index (χ0n) is 16.7. The number of ether oxygens (including phenoxy) is 2. The van der Waals surface area contributed by atoms with E-state index in [1.807, 2.05) is 0 Å². The Bertz CT molecular complexity index is 993. The van der Waals surface area contributed by atoms with E-state index in [1.54, 1.807) is 19.1 Å². The highest BCUT2D eigenvalue weighted by Crippen LogP contribution is 2.22. The first-order valence-corrected chi connectivity index (χ1v) is 9.84. The normalized spacial score (nSPS) is 14.2. The van der Waals surface area contributed by atoms with Gasteiger partial charge in [0.25, 0.3) is 5.91 Å². The first kappa shape index (κ1) is 21.4. The molecule has 1 aliphatic rings. The summed E-state index contributed by atoms with van der Waals surface area (Å²) in [6.07, 6.45) is 5.06. The Morgan fingerprint density at radius 2 is 1.87 bits per heavy atom. The topological polar surface area (TPSA) is 124 Å². The summed E-state index contributed by atoms with van der Waals surface area (Å²) in [7, 11) is 0. The second kappa shape index (κ2) is 9.91. The van der Waals surface area contributed by atoms with Crippen LogP contribution in [-0.2, 0) is 14.3 Å². The van der Waals surface area contributed by atoms with Gasteiger partial charge in [0, 0.05) is 23.6 Å². The lowest BCUT2D eigenvalue weighted by atomic mass is 9.96. The maximum absolute atomic E-state index is 11.8. The number of urea groups is 1. The molecule has 2 N–H and O–H groups in total. The number of amides is 3. The van der Waals surface area contributed by atoms with Gasteiger partial charge in [0.05, 0.1) is 0 Å². The zero-order valence-corrected chi connectivity index (χ0v) is 16.7. The number of benzene rings is 1. The van der Waals surface area contributed by atoms with Crippen LogP contribution in [0.4, 0.5) is 4.79 Å². The molecular formula is C21H24N2O7. The largest absolute Gasteiger partial charge is 0.482 e. The quantitative estimate of drug-likeness (QED) is 0.546. The van der Waals surface area contributed by atoms with Crippen LogP contribution in [0.1, 0.15) is 37.7 Å². The van der Waals surface area contributed by atoms with Gasteiger partial charge in [-0.25, -0.2) is 14.4 Å². The molecule has 0 unspecified atom stereocenters. The molecule has 30 heavy (non-hydrogen) atoms. The fraction of sp³-hybridized carbons (Fsp3) is 0.429. The van der Waals surface area contributed by atoms with Gasteiger partial charge >= 0.3 is 17.6 Å². The summed E-state index contributed by atoms with van der Waals surface area (Å²) in [6, 6.07) is 5.71. The molecule has 0 bridgehead atoms. The Morgan fingerprint density at radius 1 is 1.10 bits per heavy atom. The van der Waals surface area contributed by atoms with Crippen molar-refractivity contribution in [1.29, 1.82) is 0 Å². The summed E-state index contributed by atoms with van der Waals surface area (Å²) in [5.74, 6) is -1.19. The molecule has 1 aromatic carbocycles. The molecule has 0 radical (unpaired) electrons. The lowest BCUT2D eigenvalue weighted by Gasteiger charge is -2.22. The number of aryl methyl sites for hydroxylation is 1. The van der Waals surface area contributed by atoms with Crippen LogP contribution in [0.25, 0.3) is 11.0 Å². The van der Waals surface area contributed by atoms with Crippen LogP contribution in [-0.4, -0.2) is 37.2 Å². The van der Waals surface area contributed by atoms with Gasteiger partial charge in [0.2, 0.25) is 0 Å². The number of fused-ring (bicyclic) bond motifs is 1. The molecule has 0 atom stereocenters. The van der Waals surface area contributed by atoms with Crippen LogP contribution in [0.15, 0.2) is 33.5 Å². The van der Waals surface area contributed by atoms with Crippen LogP contribution in [0.5, 0.6) is 5.75 Å². The van der Waals surface area contributed by atoms with Crippen molar-refractivity contribution in [2.24, 2.45) is 0 Å². The van der Waals surface area contributed by atoms with Gasteiger partial charge in [-0.3, -0.25) is 10.1 Å². The number of carbonyl (C=O) groups excluding carboxylic acids is 3. The summed E-state index contributed by atoms with van der Waals surface area (Å²) >= 11 is 0. The van der Waals surface area contributed by atoms with E-state index in [1.165, 1.54) is 12.1 Å². The maximum atomic E-state index is 11.8. The minimum absolute atomic E-state index is 0.0673. The fourth-order valence-corrected chi connectivity index (χ4v) is 3.36. The van der Waals surface area contributed by atoms with E-state index in [9.17, 15) is 19.2 Å². The van der Waals surface area contributed by atoms with Crippen molar-refractivity contribution in [3.63, 3.8) is 0 Å². The molecule has 9 heteroatoms. The lowest BCUT2D eigenvalue weighted by Crippen LogP contribution is -2.46. The number of imide groups is 1. The van der Waals surface area contributed by atoms with E-state index in [-0.39, 0.29) is 6.04 Å². The molecule has 2 aromatic rings. The van der Waals surface area contributed by atoms with Gasteiger partial charge in [-0.2, -0.15) is 0 Å². The molecule has 9 nitrogen and oxygen atoms in total. The van der Waals surface area contributed by atoms with Gasteiger partial charge in [-0.1, -0.05) is 19.3 Å². The number of hydrogen-bond donors (Lipinski definition) is 2. The minimum atomic E-state index is -0.774. The monoisotopic (exact) mass is 416 g/mol. The summed E-state index contributed by atoms with van der Waals surface area (Å²) in [5.41, 5.74) is 0.634. The molecule has 160 valence electrons. The summed E-state index contributed by atoms with van der Waals surface area (Å²) in [5, 5.41) is 5.63. The van der Waals surface area contributed by atoms with Gasteiger partial charge in [0.15, 0.2) is 13.2 Å². The Kier molecular flexibility index (Phi) is 7.05. The van der Waals surface area contributed by atoms with Gasteiger partial charge in [-0.15, -0.1) is 0 Å². The van der Waals surface area contributed by atoms with Crippen molar-refractivity contribution in [2.75, 3.05) is 13.2 Å². The standard InChI is InChI=1S/C21H24N2O7/c1-13-9-19(25)30-17-10-15(7-8-16(13)17)28-12-20(26)29-11-18(24)23-21(27)22-14-5-3-2-4-6-14/h7-10,14H,2-6,11-12H2,1H3,(H2,22,23,24,27). The average molecular weight is 416 g/mol. The number of nitrogens with one attached hydrogen (secondary N) is 2. The second-order valence-corrected chi connectivity index (χ2v) is 7.21. The predicted molar refractivity (Wildman–Crippen MR) is 107 cm³/mol. The Balaban J connectivity index is 1.41. The van der Waals surface area contributed by atoms with Crippen molar-refractivity contribution >= 4 is 28.9 Å². The van der Waals surface area contributed by atoms with Crippen LogP contribution in [0.2, 0.25) is 0 Å². The van der Waals surface area contributed by atoms with Crippen molar-refractivity contribution in [2.45, 2.75) is 45.1 Å². The third kappa shape index (κ3) is 6.07. The first-order chi connectivity index (χ1) is 14.4. The highest BCUT2D eigenvalue weighted by molar-refractivity contribution is 5.95. The highest BCUT2D eigenvalue weighted by Gasteiger charge is 2.17. The van der Waals surface area contributed by atoms with Crippen molar-refractivity contribution in [3.8, 4) is 5.75 Å².